The molecule has 0 bridgehead atoms. The first-order valence-electron chi connectivity index (χ1n) is 9.50. The summed E-state index contributed by atoms with van der Waals surface area (Å²) in [6.07, 6.45) is 6.28. The molecule has 1 fully saturated rings. The second kappa shape index (κ2) is 7.53. The highest BCUT2D eigenvalue weighted by atomic mass is 15.2. The molecule has 1 heteroatoms. The highest BCUT2D eigenvalue weighted by molar-refractivity contribution is 5.40. The van der Waals surface area contributed by atoms with Crippen LogP contribution in [0, 0.1) is 0 Å². The van der Waals surface area contributed by atoms with E-state index in [9.17, 15) is 0 Å². The van der Waals surface area contributed by atoms with Crippen molar-refractivity contribution in [2.24, 2.45) is 0 Å². The quantitative estimate of drug-likeness (QED) is 0.688. The molecule has 1 atom stereocenters. The van der Waals surface area contributed by atoms with E-state index < -0.39 is 0 Å². The first kappa shape index (κ1) is 17.2. The number of nitrogens with zero attached hydrogens (tertiary/aromatic N) is 1. The standard InChI is InChI=1S/C23H31N/c1-4-19(2)24(3)22-15-17-23(18-16-22,20-11-7-5-8-12-20)21-13-9-6-10-14-21/h5-14,19,22H,4,15-18H2,1-3H3. The van der Waals surface area contributed by atoms with E-state index in [1.54, 1.807) is 0 Å². The van der Waals surface area contributed by atoms with Gasteiger partial charge in [-0.25, -0.2) is 0 Å². The van der Waals surface area contributed by atoms with Gasteiger partial charge >= 0.3 is 0 Å². The summed E-state index contributed by atoms with van der Waals surface area (Å²) in [5.41, 5.74) is 3.16. The van der Waals surface area contributed by atoms with Gasteiger partial charge in [-0.3, -0.25) is 0 Å². The van der Waals surface area contributed by atoms with E-state index in [1.165, 1.54) is 43.2 Å². The lowest BCUT2D eigenvalue weighted by Crippen LogP contribution is -2.44. The van der Waals surface area contributed by atoms with E-state index in [4.69, 9.17) is 0 Å². The number of hydrogen-bond donors (Lipinski definition) is 0. The summed E-state index contributed by atoms with van der Waals surface area (Å²) in [7, 11) is 2.32. The molecular weight excluding hydrogens is 290 g/mol. The van der Waals surface area contributed by atoms with Crippen LogP contribution in [0.5, 0.6) is 0 Å². The van der Waals surface area contributed by atoms with E-state index in [2.05, 4.69) is 86.5 Å². The molecule has 0 aromatic heterocycles. The number of benzene rings is 2. The molecule has 2 aromatic rings. The van der Waals surface area contributed by atoms with Gasteiger partial charge in [-0.1, -0.05) is 67.6 Å². The molecule has 0 saturated heterocycles. The summed E-state index contributed by atoms with van der Waals surface area (Å²) in [4.78, 5) is 2.61. The topological polar surface area (TPSA) is 3.24 Å². The lowest BCUT2D eigenvalue weighted by atomic mass is 9.64. The van der Waals surface area contributed by atoms with Crippen LogP contribution in [-0.2, 0) is 5.41 Å². The second-order valence-corrected chi connectivity index (χ2v) is 7.47. The van der Waals surface area contributed by atoms with Gasteiger partial charge in [-0.15, -0.1) is 0 Å². The predicted molar refractivity (Wildman–Crippen MR) is 103 cm³/mol. The zero-order valence-corrected chi connectivity index (χ0v) is 15.4. The molecule has 1 unspecified atom stereocenters. The largest absolute Gasteiger partial charge is 0.301 e. The van der Waals surface area contributed by atoms with E-state index >= 15 is 0 Å². The third-order valence-electron chi connectivity index (χ3n) is 6.32. The summed E-state index contributed by atoms with van der Waals surface area (Å²) in [5.74, 6) is 0. The molecule has 1 aliphatic rings. The maximum atomic E-state index is 2.61. The monoisotopic (exact) mass is 321 g/mol. The van der Waals surface area contributed by atoms with Gasteiger partial charge in [0.25, 0.3) is 0 Å². The first-order valence-corrected chi connectivity index (χ1v) is 9.50. The molecule has 2 aromatic carbocycles. The summed E-state index contributed by atoms with van der Waals surface area (Å²) < 4.78 is 0. The maximum absolute atomic E-state index is 2.61. The van der Waals surface area contributed by atoms with E-state index in [0.717, 1.165) is 6.04 Å². The van der Waals surface area contributed by atoms with Crippen molar-refractivity contribution in [3.05, 3.63) is 71.8 Å². The molecule has 3 rings (SSSR count). The van der Waals surface area contributed by atoms with Crippen molar-refractivity contribution >= 4 is 0 Å². The molecule has 0 heterocycles. The SMILES string of the molecule is CCC(C)N(C)C1CCC(c2ccccc2)(c2ccccc2)CC1. The Kier molecular flexibility index (Phi) is 5.40. The van der Waals surface area contributed by atoms with Crippen LogP contribution in [0.2, 0.25) is 0 Å². The third-order valence-corrected chi connectivity index (χ3v) is 6.32. The summed E-state index contributed by atoms with van der Waals surface area (Å²) in [5, 5.41) is 0. The Balaban J connectivity index is 1.87. The average Bonchev–Trinajstić information content (AvgIpc) is 2.68. The first-order chi connectivity index (χ1) is 11.7. The molecule has 0 amide bonds. The van der Waals surface area contributed by atoms with Crippen molar-refractivity contribution < 1.29 is 0 Å². The van der Waals surface area contributed by atoms with Gasteiger partial charge in [0.1, 0.15) is 0 Å². The van der Waals surface area contributed by atoms with E-state index in [0.29, 0.717) is 6.04 Å². The van der Waals surface area contributed by atoms with Crippen molar-refractivity contribution in [3.63, 3.8) is 0 Å². The van der Waals surface area contributed by atoms with Crippen molar-refractivity contribution in [2.45, 2.75) is 63.5 Å². The molecule has 1 nitrogen and oxygen atoms in total. The van der Waals surface area contributed by atoms with Crippen molar-refractivity contribution in [1.29, 1.82) is 0 Å². The molecular formula is C23H31N. The minimum Gasteiger partial charge on any atom is -0.301 e. The minimum absolute atomic E-state index is 0.190. The number of hydrogen-bond acceptors (Lipinski definition) is 1. The zero-order chi connectivity index (χ0) is 17.0. The Bertz CT molecular complexity index is 569. The lowest BCUT2D eigenvalue weighted by molar-refractivity contribution is 0.123. The smallest absolute Gasteiger partial charge is 0.0204 e. The molecule has 0 radical (unpaired) electrons. The minimum atomic E-state index is 0.190. The molecule has 0 aliphatic heterocycles. The summed E-state index contributed by atoms with van der Waals surface area (Å²) in [6, 6.07) is 23.7. The van der Waals surface area contributed by atoms with Crippen molar-refractivity contribution in [1.82, 2.24) is 4.90 Å². The Morgan fingerprint density at radius 1 is 0.917 bits per heavy atom. The fraction of sp³-hybridized carbons (Fsp3) is 0.478. The molecule has 0 spiro atoms. The number of rotatable bonds is 5. The Labute approximate surface area is 147 Å². The third kappa shape index (κ3) is 3.28. The summed E-state index contributed by atoms with van der Waals surface area (Å²) >= 11 is 0. The van der Waals surface area contributed by atoms with Crippen LogP contribution in [-0.4, -0.2) is 24.0 Å². The Hall–Kier alpha value is -1.60. The average molecular weight is 322 g/mol. The van der Waals surface area contributed by atoms with Gasteiger partial charge < -0.3 is 4.90 Å². The molecule has 24 heavy (non-hydrogen) atoms. The second-order valence-electron chi connectivity index (χ2n) is 7.47. The lowest BCUT2D eigenvalue weighted by Gasteiger charge is -2.45. The highest BCUT2D eigenvalue weighted by Crippen LogP contribution is 2.45. The van der Waals surface area contributed by atoms with Crippen LogP contribution in [0.25, 0.3) is 0 Å². The van der Waals surface area contributed by atoms with Crippen LogP contribution in [0.1, 0.15) is 57.1 Å². The van der Waals surface area contributed by atoms with Crippen LogP contribution >= 0.6 is 0 Å². The van der Waals surface area contributed by atoms with Crippen LogP contribution in [0.3, 0.4) is 0 Å². The summed E-state index contributed by atoms with van der Waals surface area (Å²) in [6.45, 7) is 4.65. The molecule has 1 aliphatic carbocycles. The Morgan fingerprint density at radius 3 is 1.79 bits per heavy atom. The van der Waals surface area contributed by atoms with E-state index in [-0.39, 0.29) is 5.41 Å². The van der Waals surface area contributed by atoms with E-state index in [1.807, 2.05) is 0 Å². The molecule has 1 saturated carbocycles. The molecule has 128 valence electrons. The van der Waals surface area contributed by atoms with Gasteiger partial charge in [0.2, 0.25) is 0 Å². The van der Waals surface area contributed by atoms with Crippen LogP contribution in [0.4, 0.5) is 0 Å². The Morgan fingerprint density at radius 2 is 1.38 bits per heavy atom. The fourth-order valence-corrected chi connectivity index (χ4v) is 4.41. The van der Waals surface area contributed by atoms with Crippen molar-refractivity contribution in [3.8, 4) is 0 Å². The maximum Gasteiger partial charge on any atom is 0.0204 e. The fourth-order valence-electron chi connectivity index (χ4n) is 4.41. The van der Waals surface area contributed by atoms with Gasteiger partial charge in [0, 0.05) is 17.5 Å². The van der Waals surface area contributed by atoms with Gasteiger partial charge in [0.15, 0.2) is 0 Å². The normalized spacial score (nSPS) is 19.3. The van der Waals surface area contributed by atoms with Gasteiger partial charge in [-0.2, -0.15) is 0 Å². The van der Waals surface area contributed by atoms with Gasteiger partial charge in [0.05, 0.1) is 0 Å². The van der Waals surface area contributed by atoms with Crippen LogP contribution < -0.4 is 0 Å². The zero-order valence-electron chi connectivity index (χ0n) is 15.4. The highest BCUT2D eigenvalue weighted by Gasteiger charge is 2.39. The predicted octanol–water partition coefficient (Wildman–Crippen LogP) is 5.65. The van der Waals surface area contributed by atoms with Gasteiger partial charge in [-0.05, 0) is 57.2 Å². The van der Waals surface area contributed by atoms with Crippen LogP contribution in [0.15, 0.2) is 60.7 Å². The molecule has 0 N–H and O–H groups in total. The van der Waals surface area contributed by atoms with Crippen molar-refractivity contribution in [2.75, 3.05) is 7.05 Å².